The molecule has 3 rings (SSSR count). The molecule has 0 spiro atoms. The molecule has 1 saturated carbocycles. The number of quaternary nitrogens is 1. The van der Waals surface area contributed by atoms with Crippen LogP contribution in [0.3, 0.4) is 0 Å². The number of likely N-dealkylation sites (tertiary alicyclic amines) is 1. The van der Waals surface area contributed by atoms with Gasteiger partial charge in [0.2, 0.25) is 0 Å². The summed E-state index contributed by atoms with van der Waals surface area (Å²) in [7, 11) is 0. The Hall–Kier alpha value is -0.990. The molecule has 1 aliphatic carbocycles. The van der Waals surface area contributed by atoms with Gasteiger partial charge in [-0.05, 0) is 50.5 Å². The Labute approximate surface area is 147 Å². The molecule has 1 aromatic carbocycles. The van der Waals surface area contributed by atoms with Gasteiger partial charge in [-0.25, -0.2) is 0 Å². The van der Waals surface area contributed by atoms with Crippen LogP contribution in [0.1, 0.15) is 56.9 Å². The number of allylic oxidation sites excluding steroid dienone is 1. The lowest BCUT2D eigenvalue weighted by Crippen LogP contribution is -3.13. The van der Waals surface area contributed by atoms with Crippen molar-refractivity contribution in [3.05, 3.63) is 41.5 Å². The van der Waals surface area contributed by atoms with Crippen molar-refractivity contribution in [2.45, 2.75) is 51.4 Å². The van der Waals surface area contributed by atoms with Gasteiger partial charge in [0.1, 0.15) is 18.9 Å². The van der Waals surface area contributed by atoms with Gasteiger partial charge in [-0.15, -0.1) is 0 Å². The van der Waals surface area contributed by atoms with E-state index in [1.165, 1.54) is 75.8 Å². The van der Waals surface area contributed by atoms with Crippen LogP contribution in [0.25, 0.3) is 5.76 Å². The van der Waals surface area contributed by atoms with Crippen LogP contribution >= 0.6 is 0 Å². The van der Waals surface area contributed by atoms with Crippen molar-refractivity contribution in [2.75, 3.05) is 26.2 Å². The zero-order valence-corrected chi connectivity index (χ0v) is 14.9. The molecule has 0 aromatic heterocycles. The highest BCUT2D eigenvalue weighted by Gasteiger charge is 2.17. The van der Waals surface area contributed by atoms with Crippen molar-refractivity contribution in [2.24, 2.45) is 0 Å². The Morgan fingerprint density at radius 2 is 1.52 bits per heavy atom. The standard InChI is InChI=1S/C20H29NO.ClH/c1-4-10-18(11-5-1)20(19-12-6-2-7-13-19)22-17-16-21-14-8-3-9-15-21;/h1,4-5,10-11H,2-3,6-9,12-17H2;1H. The van der Waals surface area contributed by atoms with E-state index in [1.54, 1.807) is 10.5 Å². The van der Waals surface area contributed by atoms with Crippen LogP contribution in [0.15, 0.2) is 35.9 Å². The zero-order valence-electron chi connectivity index (χ0n) is 14.2. The summed E-state index contributed by atoms with van der Waals surface area (Å²) in [4.78, 5) is 1.73. The van der Waals surface area contributed by atoms with Gasteiger partial charge < -0.3 is 22.0 Å². The second kappa shape index (κ2) is 10.00. The molecule has 1 N–H and O–H groups in total. The Bertz CT molecular complexity index is 472. The first kappa shape index (κ1) is 18.4. The summed E-state index contributed by atoms with van der Waals surface area (Å²) in [6.07, 6.45) is 10.7. The molecule has 0 unspecified atom stereocenters. The molecule has 2 aliphatic rings. The summed E-state index contributed by atoms with van der Waals surface area (Å²) in [5, 5.41) is 0. The Morgan fingerprint density at radius 3 is 2.22 bits per heavy atom. The maximum absolute atomic E-state index is 6.33. The Morgan fingerprint density at radius 1 is 0.870 bits per heavy atom. The largest absolute Gasteiger partial charge is 1.00 e. The molecule has 2 fully saturated rings. The number of halogens is 1. The van der Waals surface area contributed by atoms with E-state index in [-0.39, 0.29) is 12.4 Å². The topological polar surface area (TPSA) is 13.7 Å². The first-order valence-electron chi connectivity index (χ1n) is 9.17. The van der Waals surface area contributed by atoms with Crippen LogP contribution in [0, 0.1) is 0 Å². The lowest BCUT2D eigenvalue weighted by molar-refractivity contribution is -0.905. The van der Waals surface area contributed by atoms with E-state index < -0.39 is 0 Å². The van der Waals surface area contributed by atoms with E-state index in [0.717, 1.165) is 13.2 Å². The first-order chi connectivity index (χ1) is 10.9. The Balaban J connectivity index is 0.00000192. The SMILES string of the molecule is [Cl-].c1ccc(C(OCC[NH+]2CCCCC2)=C2CCCCC2)cc1. The van der Waals surface area contributed by atoms with E-state index >= 15 is 0 Å². The molecule has 0 atom stereocenters. The molecule has 1 aromatic rings. The predicted octanol–water partition coefficient (Wildman–Crippen LogP) is 0.451. The van der Waals surface area contributed by atoms with Gasteiger partial charge in [0.25, 0.3) is 0 Å². The number of rotatable bonds is 5. The third-order valence-corrected chi connectivity index (χ3v) is 5.08. The number of hydrogen-bond donors (Lipinski definition) is 1. The van der Waals surface area contributed by atoms with Crippen molar-refractivity contribution < 1.29 is 22.0 Å². The van der Waals surface area contributed by atoms with Gasteiger partial charge in [0.05, 0.1) is 13.1 Å². The normalized spacial score (nSPS) is 19.0. The number of hydrogen-bond acceptors (Lipinski definition) is 1. The van der Waals surface area contributed by atoms with Crippen molar-refractivity contribution in [3.8, 4) is 0 Å². The molecule has 23 heavy (non-hydrogen) atoms. The van der Waals surface area contributed by atoms with E-state index in [2.05, 4.69) is 30.3 Å². The van der Waals surface area contributed by atoms with Gasteiger partial charge in [-0.3, -0.25) is 0 Å². The van der Waals surface area contributed by atoms with Crippen LogP contribution in [0.4, 0.5) is 0 Å². The van der Waals surface area contributed by atoms with E-state index in [4.69, 9.17) is 4.74 Å². The molecule has 2 nitrogen and oxygen atoms in total. The summed E-state index contributed by atoms with van der Waals surface area (Å²) in [6, 6.07) is 10.7. The van der Waals surface area contributed by atoms with Crippen LogP contribution in [-0.2, 0) is 4.74 Å². The highest BCUT2D eigenvalue weighted by molar-refractivity contribution is 5.63. The van der Waals surface area contributed by atoms with Crippen molar-refractivity contribution in [1.82, 2.24) is 0 Å². The molecule has 3 heteroatoms. The maximum atomic E-state index is 6.33. The predicted molar refractivity (Wildman–Crippen MR) is 91.8 cm³/mol. The third kappa shape index (κ3) is 5.54. The van der Waals surface area contributed by atoms with Crippen molar-refractivity contribution in [1.29, 1.82) is 0 Å². The highest BCUT2D eigenvalue weighted by atomic mass is 35.5. The van der Waals surface area contributed by atoms with Gasteiger partial charge in [-0.2, -0.15) is 0 Å². The fourth-order valence-corrected chi connectivity index (χ4v) is 3.78. The number of nitrogens with one attached hydrogen (secondary N) is 1. The Kier molecular flexibility index (Phi) is 7.98. The lowest BCUT2D eigenvalue weighted by atomic mass is 9.92. The van der Waals surface area contributed by atoms with Crippen molar-refractivity contribution in [3.63, 3.8) is 0 Å². The van der Waals surface area contributed by atoms with Gasteiger partial charge in [-0.1, -0.05) is 36.8 Å². The summed E-state index contributed by atoms with van der Waals surface area (Å²) in [5.74, 6) is 1.19. The second-order valence-corrected chi connectivity index (χ2v) is 6.77. The quantitative estimate of drug-likeness (QED) is 0.772. The maximum Gasteiger partial charge on any atom is 0.137 e. The van der Waals surface area contributed by atoms with Gasteiger partial charge >= 0.3 is 0 Å². The zero-order chi connectivity index (χ0) is 15.0. The summed E-state index contributed by atoms with van der Waals surface area (Å²) in [5.41, 5.74) is 2.82. The van der Waals surface area contributed by atoms with Crippen LogP contribution in [0.2, 0.25) is 0 Å². The molecule has 1 heterocycles. The number of ether oxygens (including phenoxy) is 1. The monoisotopic (exact) mass is 335 g/mol. The third-order valence-electron chi connectivity index (χ3n) is 5.08. The molecule has 1 aliphatic heterocycles. The number of benzene rings is 1. The first-order valence-corrected chi connectivity index (χ1v) is 9.17. The molecule has 0 radical (unpaired) electrons. The molecule has 0 amide bonds. The van der Waals surface area contributed by atoms with Gasteiger partial charge in [0.15, 0.2) is 0 Å². The minimum atomic E-state index is 0. The van der Waals surface area contributed by atoms with Crippen LogP contribution < -0.4 is 17.3 Å². The van der Waals surface area contributed by atoms with Gasteiger partial charge in [0, 0.05) is 5.56 Å². The second-order valence-electron chi connectivity index (χ2n) is 6.77. The van der Waals surface area contributed by atoms with Crippen LogP contribution in [-0.4, -0.2) is 26.2 Å². The minimum Gasteiger partial charge on any atom is -1.00 e. The van der Waals surface area contributed by atoms with Crippen LogP contribution in [0.5, 0.6) is 0 Å². The fourth-order valence-electron chi connectivity index (χ4n) is 3.78. The average Bonchev–Trinajstić information content (AvgIpc) is 2.61. The summed E-state index contributed by atoms with van der Waals surface area (Å²) < 4.78 is 6.33. The summed E-state index contributed by atoms with van der Waals surface area (Å²) >= 11 is 0. The summed E-state index contributed by atoms with van der Waals surface area (Å²) in [6.45, 7) is 4.69. The van der Waals surface area contributed by atoms with Crippen molar-refractivity contribution >= 4 is 5.76 Å². The number of piperidine rings is 1. The smallest absolute Gasteiger partial charge is 0.137 e. The minimum absolute atomic E-state index is 0. The lowest BCUT2D eigenvalue weighted by Gasteiger charge is -2.25. The molecule has 1 saturated heterocycles. The van der Waals surface area contributed by atoms with E-state index in [0.29, 0.717) is 0 Å². The fraction of sp³-hybridized carbons (Fsp3) is 0.600. The van der Waals surface area contributed by atoms with E-state index in [9.17, 15) is 0 Å². The van der Waals surface area contributed by atoms with E-state index in [1.807, 2.05) is 0 Å². The molecule has 0 bridgehead atoms. The highest BCUT2D eigenvalue weighted by Crippen LogP contribution is 2.31. The molecular weight excluding hydrogens is 306 g/mol. The molecule has 128 valence electrons. The average molecular weight is 336 g/mol. The molecular formula is C20H30ClNO.